The van der Waals surface area contributed by atoms with Crippen LogP contribution < -0.4 is 10.1 Å². The molecule has 2 rings (SSSR count). The predicted molar refractivity (Wildman–Crippen MR) is 91.1 cm³/mol. The summed E-state index contributed by atoms with van der Waals surface area (Å²) in [5, 5.41) is 3.49. The lowest BCUT2D eigenvalue weighted by molar-refractivity contribution is 0.304. The van der Waals surface area contributed by atoms with Crippen LogP contribution in [-0.4, -0.2) is 6.54 Å². The zero-order valence-corrected chi connectivity index (χ0v) is 14.2. The number of thiophene rings is 1. The minimum Gasteiger partial charge on any atom is -0.489 e. The third kappa shape index (κ3) is 4.87. The fourth-order valence-electron chi connectivity index (χ4n) is 2.18. The van der Waals surface area contributed by atoms with Crippen LogP contribution >= 0.6 is 11.3 Å². The van der Waals surface area contributed by atoms with Crippen LogP contribution in [0.1, 0.15) is 34.7 Å². The molecule has 1 aromatic carbocycles. The van der Waals surface area contributed by atoms with Crippen molar-refractivity contribution < 1.29 is 4.74 Å². The van der Waals surface area contributed by atoms with E-state index in [4.69, 9.17) is 4.74 Å². The Hall–Kier alpha value is -1.32. The molecule has 0 saturated heterocycles. The average Bonchev–Trinajstić information content (AvgIpc) is 2.78. The topological polar surface area (TPSA) is 21.3 Å². The molecule has 0 amide bonds. The molecule has 21 heavy (non-hydrogen) atoms. The van der Waals surface area contributed by atoms with Crippen molar-refractivity contribution in [2.75, 3.05) is 6.54 Å². The quantitative estimate of drug-likeness (QED) is 0.801. The molecule has 3 heteroatoms. The van der Waals surface area contributed by atoms with E-state index in [9.17, 15) is 0 Å². The van der Waals surface area contributed by atoms with E-state index in [0.29, 0.717) is 12.5 Å². The second kappa shape index (κ2) is 7.62. The molecule has 2 aromatic rings. The molecule has 1 heterocycles. The van der Waals surface area contributed by atoms with Crippen molar-refractivity contribution >= 4 is 11.3 Å². The van der Waals surface area contributed by atoms with Gasteiger partial charge in [-0.2, -0.15) is 0 Å². The van der Waals surface area contributed by atoms with Gasteiger partial charge < -0.3 is 10.1 Å². The molecular formula is C18H25NOS. The molecule has 0 fully saturated rings. The van der Waals surface area contributed by atoms with Crippen molar-refractivity contribution in [3.63, 3.8) is 0 Å². The van der Waals surface area contributed by atoms with Gasteiger partial charge in [0.25, 0.3) is 0 Å². The summed E-state index contributed by atoms with van der Waals surface area (Å²) in [5.74, 6) is 1.66. The Morgan fingerprint density at radius 2 is 1.95 bits per heavy atom. The van der Waals surface area contributed by atoms with Crippen molar-refractivity contribution in [3.05, 3.63) is 51.2 Å². The molecule has 0 radical (unpaired) electrons. The summed E-state index contributed by atoms with van der Waals surface area (Å²) in [6.07, 6.45) is 0. The number of rotatable bonds is 7. The van der Waals surface area contributed by atoms with Crippen LogP contribution in [0, 0.1) is 19.8 Å². The second-order valence-corrected chi connectivity index (χ2v) is 7.21. The van der Waals surface area contributed by atoms with Crippen LogP contribution in [0.5, 0.6) is 5.75 Å². The first-order valence-corrected chi connectivity index (χ1v) is 8.35. The Morgan fingerprint density at radius 1 is 1.19 bits per heavy atom. The predicted octanol–water partition coefficient (Wildman–Crippen LogP) is 4.69. The van der Waals surface area contributed by atoms with E-state index < -0.39 is 0 Å². The van der Waals surface area contributed by atoms with E-state index in [2.05, 4.69) is 45.1 Å². The first kappa shape index (κ1) is 16.1. The highest BCUT2D eigenvalue weighted by molar-refractivity contribution is 7.12. The van der Waals surface area contributed by atoms with Crippen LogP contribution in [-0.2, 0) is 13.2 Å². The lowest BCUT2D eigenvalue weighted by atomic mass is 10.2. The molecule has 0 unspecified atom stereocenters. The molecule has 0 aliphatic rings. The van der Waals surface area contributed by atoms with E-state index in [1.807, 2.05) is 29.5 Å². The van der Waals surface area contributed by atoms with Crippen LogP contribution in [0.3, 0.4) is 0 Å². The summed E-state index contributed by atoms with van der Waals surface area (Å²) in [6, 6.07) is 10.4. The highest BCUT2D eigenvalue weighted by Crippen LogP contribution is 2.24. The number of nitrogens with one attached hydrogen (secondary N) is 1. The van der Waals surface area contributed by atoms with Gasteiger partial charge in [0.05, 0.1) is 0 Å². The minimum atomic E-state index is 0.650. The van der Waals surface area contributed by atoms with Gasteiger partial charge in [0.1, 0.15) is 12.4 Å². The van der Waals surface area contributed by atoms with E-state index >= 15 is 0 Å². The lowest BCUT2D eigenvalue weighted by Gasteiger charge is -2.08. The summed E-state index contributed by atoms with van der Waals surface area (Å²) in [6.45, 7) is 11.4. The number of hydrogen-bond acceptors (Lipinski definition) is 3. The first-order chi connectivity index (χ1) is 10.1. The van der Waals surface area contributed by atoms with E-state index in [1.54, 1.807) is 0 Å². The maximum Gasteiger partial charge on any atom is 0.122 e. The zero-order valence-electron chi connectivity index (χ0n) is 13.4. The summed E-state index contributed by atoms with van der Waals surface area (Å²) in [7, 11) is 0. The fourth-order valence-corrected chi connectivity index (χ4v) is 3.19. The normalized spacial score (nSPS) is 11.1. The maximum absolute atomic E-state index is 5.95. The van der Waals surface area contributed by atoms with Gasteiger partial charge in [-0.25, -0.2) is 0 Å². The molecule has 0 aliphatic heterocycles. The molecule has 0 atom stereocenters. The Balaban J connectivity index is 1.92. The third-order valence-electron chi connectivity index (χ3n) is 3.40. The number of hydrogen-bond donors (Lipinski definition) is 1. The Morgan fingerprint density at radius 3 is 2.67 bits per heavy atom. The molecule has 0 aliphatic carbocycles. The van der Waals surface area contributed by atoms with Crippen molar-refractivity contribution in [3.8, 4) is 5.75 Å². The summed E-state index contributed by atoms with van der Waals surface area (Å²) in [4.78, 5) is 2.74. The first-order valence-electron chi connectivity index (χ1n) is 7.53. The Bertz CT molecular complexity index is 574. The zero-order chi connectivity index (χ0) is 15.2. The van der Waals surface area contributed by atoms with Crippen LogP contribution in [0.25, 0.3) is 0 Å². The average molecular weight is 303 g/mol. The summed E-state index contributed by atoms with van der Waals surface area (Å²) < 4.78 is 5.95. The lowest BCUT2D eigenvalue weighted by Crippen LogP contribution is -2.18. The molecule has 0 bridgehead atoms. The molecular weight excluding hydrogens is 278 g/mol. The van der Waals surface area contributed by atoms with Gasteiger partial charge >= 0.3 is 0 Å². The minimum absolute atomic E-state index is 0.650. The fraction of sp³-hybridized carbons (Fsp3) is 0.444. The van der Waals surface area contributed by atoms with Gasteiger partial charge in [-0.1, -0.05) is 32.0 Å². The van der Waals surface area contributed by atoms with Crippen molar-refractivity contribution in [2.45, 2.75) is 40.8 Å². The molecule has 1 N–H and O–H groups in total. The largest absolute Gasteiger partial charge is 0.489 e. The highest BCUT2D eigenvalue weighted by atomic mass is 32.1. The van der Waals surface area contributed by atoms with E-state index in [-0.39, 0.29) is 0 Å². The van der Waals surface area contributed by atoms with E-state index in [1.165, 1.54) is 20.9 Å². The molecule has 0 spiro atoms. The van der Waals surface area contributed by atoms with Crippen molar-refractivity contribution in [2.24, 2.45) is 5.92 Å². The van der Waals surface area contributed by atoms with Crippen LogP contribution in [0.4, 0.5) is 0 Å². The molecule has 0 saturated carbocycles. The van der Waals surface area contributed by atoms with E-state index in [0.717, 1.165) is 18.8 Å². The summed E-state index contributed by atoms with van der Waals surface area (Å²) in [5.41, 5.74) is 2.48. The molecule has 2 nitrogen and oxygen atoms in total. The number of aryl methyl sites for hydroxylation is 2. The SMILES string of the molecule is Cc1ccccc1OCc1cc(CNCC(C)C)sc1C. The second-order valence-electron chi connectivity index (χ2n) is 5.87. The Labute approximate surface area is 132 Å². The van der Waals surface area contributed by atoms with Crippen LogP contribution in [0.15, 0.2) is 30.3 Å². The van der Waals surface area contributed by atoms with Gasteiger partial charge in [0, 0.05) is 21.9 Å². The van der Waals surface area contributed by atoms with Gasteiger partial charge in [-0.05, 0) is 44.0 Å². The Kier molecular flexibility index (Phi) is 5.83. The standard InChI is InChI=1S/C18H25NOS/c1-13(2)10-19-11-17-9-16(15(4)21-17)12-20-18-8-6-5-7-14(18)3/h5-9,13,19H,10-12H2,1-4H3. The van der Waals surface area contributed by atoms with Crippen LogP contribution in [0.2, 0.25) is 0 Å². The van der Waals surface area contributed by atoms with Crippen molar-refractivity contribution in [1.29, 1.82) is 0 Å². The monoisotopic (exact) mass is 303 g/mol. The van der Waals surface area contributed by atoms with Crippen molar-refractivity contribution in [1.82, 2.24) is 5.32 Å². The van der Waals surface area contributed by atoms with Gasteiger partial charge in [0.15, 0.2) is 0 Å². The van der Waals surface area contributed by atoms with Gasteiger partial charge in [-0.15, -0.1) is 11.3 Å². The number of benzene rings is 1. The highest BCUT2D eigenvalue weighted by Gasteiger charge is 2.07. The third-order valence-corrected chi connectivity index (χ3v) is 4.49. The molecule has 1 aromatic heterocycles. The van der Waals surface area contributed by atoms with Gasteiger partial charge in [-0.3, -0.25) is 0 Å². The smallest absolute Gasteiger partial charge is 0.122 e. The number of ether oxygens (including phenoxy) is 1. The van der Waals surface area contributed by atoms with Gasteiger partial charge in [0.2, 0.25) is 0 Å². The molecule has 114 valence electrons. The maximum atomic E-state index is 5.95. The number of para-hydroxylation sites is 1. The summed E-state index contributed by atoms with van der Waals surface area (Å²) >= 11 is 1.86.